The number of nitrogens with one attached hydrogen (secondary N) is 2. The minimum absolute atomic E-state index is 0.797. The van der Waals surface area contributed by atoms with Crippen molar-refractivity contribution in [2.75, 3.05) is 11.9 Å². The molecule has 80 valence electrons. The van der Waals surface area contributed by atoms with Gasteiger partial charge in [0.1, 0.15) is 5.75 Å². The molecule has 4 heteroatoms. The van der Waals surface area contributed by atoms with Crippen molar-refractivity contribution in [3.63, 3.8) is 0 Å². The highest BCUT2D eigenvalue weighted by atomic mass is 16.5. The molecule has 0 aliphatic carbocycles. The Balaban J connectivity index is 1.91. The summed E-state index contributed by atoms with van der Waals surface area (Å²) in [4.78, 5) is 0. The number of anilines is 2. The molecule has 4 rings (SSSR count). The zero-order valence-corrected chi connectivity index (χ0v) is 8.71. The van der Waals surface area contributed by atoms with Gasteiger partial charge in [-0.2, -0.15) is 5.10 Å². The lowest BCUT2D eigenvalue weighted by atomic mass is 9.99. The monoisotopic (exact) mass is 213 g/mol. The highest BCUT2D eigenvalue weighted by molar-refractivity contribution is 5.77. The third-order valence-corrected chi connectivity index (χ3v) is 3.29. The standard InChI is InChI=1S/C12H11N3O/c1-2-8-5-9-10(6-13-15-9)14-11(8)12-7(1)3-4-16-12/h1-2,6,14H,3-5H2,(H,13,15). The van der Waals surface area contributed by atoms with E-state index in [1.54, 1.807) is 0 Å². The lowest BCUT2D eigenvalue weighted by Crippen LogP contribution is -2.07. The molecule has 1 aromatic carbocycles. The molecule has 3 heterocycles. The number of ether oxygens (including phenoxy) is 1. The van der Waals surface area contributed by atoms with E-state index in [0.29, 0.717) is 0 Å². The second-order valence-electron chi connectivity index (χ2n) is 4.25. The van der Waals surface area contributed by atoms with Gasteiger partial charge in [-0.15, -0.1) is 0 Å². The lowest BCUT2D eigenvalue weighted by molar-refractivity contribution is 0.358. The predicted molar refractivity (Wildman–Crippen MR) is 60.3 cm³/mol. The second kappa shape index (κ2) is 2.78. The summed E-state index contributed by atoms with van der Waals surface area (Å²) in [6, 6.07) is 4.35. The number of fused-ring (bicyclic) bond motifs is 4. The number of hydrogen-bond donors (Lipinski definition) is 2. The van der Waals surface area contributed by atoms with Crippen LogP contribution in [0.4, 0.5) is 11.4 Å². The van der Waals surface area contributed by atoms with Crippen molar-refractivity contribution in [3.8, 4) is 5.75 Å². The van der Waals surface area contributed by atoms with Crippen LogP contribution in [0.2, 0.25) is 0 Å². The Kier molecular flexibility index (Phi) is 1.43. The molecule has 0 unspecified atom stereocenters. The van der Waals surface area contributed by atoms with Gasteiger partial charge in [0.25, 0.3) is 0 Å². The molecule has 2 aliphatic rings. The molecule has 0 bridgehead atoms. The quantitative estimate of drug-likeness (QED) is 0.600. The van der Waals surface area contributed by atoms with Gasteiger partial charge in [-0.1, -0.05) is 12.1 Å². The van der Waals surface area contributed by atoms with E-state index in [2.05, 4.69) is 27.6 Å². The van der Waals surface area contributed by atoms with E-state index in [-0.39, 0.29) is 0 Å². The highest BCUT2D eigenvalue weighted by Gasteiger charge is 2.24. The van der Waals surface area contributed by atoms with Crippen molar-refractivity contribution in [1.29, 1.82) is 0 Å². The molecule has 0 fully saturated rings. The van der Waals surface area contributed by atoms with Gasteiger partial charge in [0.15, 0.2) is 0 Å². The SMILES string of the molecule is c1cc2c(c3c1Cc1[nH]ncc1N3)OCC2. The van der Waals surface area contributed by atoms with E-state index in [4.69, 9.17) is 4.74 Å². The molecule has 2 aromatic rings. The average Bonchev–Trinajstić information content (AvgIpc) is 2.94. The van der Waals surface area contributed by atoms with Gasteiger partial charge < -0.3 is 10.1 Å². The Morgan fingerprint density at radius 2 is 2.19 bits per heavy atom. The number of nitrogens with zero attached hydrogens (tertiary/aromatic N) is 1. The molecule has 16 heavy (non-hydrogen) atoms. The fourth-order valence-electron chi connectivity index (χ4n) is 2.46. The Hall–Kier alpha value is -1.97. The Bertz CT molecular complexity index is 574. The summed E-state index contributed by atoms with van der Waals surface area (Å²) in [5.41, 5.74) is 5.92. The van der Waals surface area contributed by atoms with E-state index < -0.39 is 0 Å². The first-order valence-corrected chi connectivity index (χ1v) is 5.48. The predicted octanol–water partition coefficient (Wildman–Crippen LogP) is 1.99. The van der Waals surface area contributed by atoms with Crippen molar-refractivity contribution in [1.82, 2.24) is 10.2 Å². The van der Waals surface area contributed by atoms with Crippen molar-refractivity contribution in [3.05, 3.63) is 35.2 Å². The Labute approximate surface area is 92.6 Å². The van der Waals surface area contributed by atoms with Crippen LogP contribution in [0.25, 0.3) is 0 Å². The van der Waals surface area contributed by atoms with Crippen LogP contribution in [-0.4, -0.2) is 16.8 Å². The summed E-state index contributed by atoms with van der Waals surface area (Å²) in [5, 5.41) is 10.5. The van der Waals surface area contributed by atoms with Gasteiger partial charge in [-0.05, 0) is 11.1 Å². The zero-order chi connectivity index (χ0) is 10.5. The first-order valence-electron chi connectivity index (χ1n) is 5.48. The lowest BCUT2D eigenvalue weighted by Gasteiger charge is -2.20. The Morgan fingerprint density at radius 3 is 3.19 bits per heavy atom. The van der Waals surface area contributed by atoms with Crippen molar-refractivity contribution < 1.29 is 4.74 Å². The summed E-state index contributed by atoms with van der Waals surface area (Å²) in [6.07, 6.45) is 3.74. The van der Waals surface area contributed by atoms with Crippen LogP contribution >= 0.6 is 0 Å². The minimum Gasteiger partial charge on any atom is -0.491 e. The van der Waals surface area contributed by atoms with Gasteiger partial charge in [-0.25, -0.2) is 0 Å². The molecule has 0 amide bonds. The topological polar surface area (TPSA) is 49.9 Å². The van der Waals surface area contributed by atoms with Crippen LogP contribution in [-0.2, 0) is 12.8 Å². The number of rotatable bonds is 0. The molecule has 4 nitrogen and oxygen atoms in total. The summed E-state index contributed by atoms with van der Waals surface area (Å²) in [7, 11) is 0. The number of aromatic nitrogens is 2. The largest absolute Gasteiger partial charge is 0.491 e. The van der Waals surface area contributed by atoms with Crippen LogP contribution in [0.3, 0.4) is 0 Å². The first kappa shape index (κ1) is 8.21. The fraction of sp³-hybridized carbons (Fsp3) is 0.250. The number of hydrogen-bond acceptors (Lipinski definition) is 3. The van der Waals surface area contributed by atoms with Gasteiger partial charge in [0.05, 0.1) is 29.9 Å². The second-order valence-corrected chi connectivity index (χ2v) is 4.25. The van der Waals surface area contributed by atoms with Crippen LogP contribution in [0, 0.1) is 0 Å². The van der Waals surface area contributed by atoms with Crippen molar-refractivity contribution in [2.24, 2.45) is 0 Å². The summed E-state index contributed by atoms with van der Waals surface area (Å²) in [5.74, 6) is 1.03. The maximum Gasteiger partial charge on any atom is 0.146 e. The smallest absolute Gasteiger partial charge is 0.146 e. The number of benzene rings is 1. The Morgan fingerprint density at radius 1 is 1.25 bits per heavy atom. The van der Waals surface area contributed by atoms with Crippen molar-refractivity contribution in [2.45, 2.75) is 12.8 Å². The maximum atomic E-state index is 5.70. The fourth-order valence-corrected chi connectivity index (χ4v) is 2.46. The number of aromatic amines is 1. The van der Waals surface area contributed by atoms with Gasteiger partial charge in [-0.3, -0.25) is 5.10 Å². The van der Waals surface area contributed by atoms with E-state index >= 15 is 0 Å². The first-order chi connectivity index (χ1) is 7.92. The molecule has 1 aromatic heterocycles. The van der Waals surface area contributed by atoms with Gasteiger partial charge in [0, 0.05) is 12.8 Å². The number of H-pyrrole nitrogens is 1. The van der Waals surface area contributed by atoms with E-state index in [0.717, 1.165) is 42.3 Å². The molecule has 0 radical (unpaired) electrons. The van der Waals surface area contributed by atoms with E-state index in [1.807, 2.05) is 6.20 Å². The van der Waals surface area contributed by atoms with E-state index in [1.165, 1.54) is 11.1 Å². The van der Waals surface area contributed by atoms with Gasteiger partial charge in [0.2, 0.25) is 0 Å². The van der Waals surface area contributed by atoms with Crippen LogP contribution in [0.1, 0.15) is 16.8 Å². The van der Waals surface area contributed by atoms with E-state index in [9.17, 15) is 0 Å². The zero-order valence-electron chi connectivity index (χ0n) is 8.71. The molecule has 0 saturated heterocycles. The third-order valence-electron chi connectivity index (χ3n) is 3.29. The van der Waals surface area contributed by atoms with Crippen LogP contribution < -0.4 is 10.1 Å². The third kappa shape index (κ3) is 0.961. The van der Waals surface area contributed by atoms with Crippen LogP contribution in [0.5, 0.6) is 5.75 Å². The average molecular weight is 213 g/mol. The normalized spacial score (nSPS) is 15.8. The summed E-state index contributed by atoms with van der Waals surface area (Å²) in [6.45, 7) is 0.797. The minimum atomic E-state index is 0.797. The summed E-state index contributed by atoms with van der Waals surface area (Å²) < 4.78 is 5.70. The highest BCUT2D eigenvalue weighted by Crippen LogP contribution is 2.42. The maximum absolute atomic E-state index is 5.70. The summed E-state index contributed by atoms with van der Waals surface area (Å²) >= 11 is 0. The van der Waals surface area contributed by atoms with Crippen molar-refractivity contribution >= 4 is 11.4 Å². The molecule has 2 N–H and O–H groups in total. The van der Waals surface area contributed by atoms with Crippen LogP contribution in [0.15, 0.2) is 18.3 Å². The molecular formula is C12H11N3O. The van der Waals surface area contributed by atoms with Gasteiger partial charge >= 0.3 is 0 Å². The molecule has 0 spiro atoms. The molecule has 2 aliphatic heterocycles. The molecule has 0 atom stereocenters. The molecular weight excluding hydrogens is 202 g/mol. The molecule has 0 saturated carbocycles.